The molecule has 108 valence electrons. The summed E-state index contributed by atoms with van der Waals surface area (Å²) >= 11 is 1.68. The van der Waals surface area contributed by atoms with E-state index < -0.39 is 0 Å². The van der Waals surface area contributed by atoms with Crippen molar-refractivity contribution in [2.75, 3.05) is 7.05 Å². The second kappa shape index (κ2) is 7.04. The SMILES string of the molecule is CCc1cc(CNC(=NC)NCc2ncc(C)s2)on1. The van der Waals surface area contributed by atoms with Crippen molar-refractivity contribution in [1.82, 2.24) is 20.8 Å². The van der Waals surface area contributed by atoms with Gasteiger partial charge in [0.1, 0.15) is 5.01 Å². The molecule has 7 heteroatoms. The van der Waals surface area contributed by atoms with Crippen LogP contribution in [0.2, 0.25) is 0 Å². The lowest BCUT2D eigenvalue weighted by atomic mass is 10.3. The summed E-state index contributed by atoms with van der Waals surface area (Å²) in [6.45, 7) is 5.31. The molecule has 0 fully saturated rings. The van der Waals surface area contributed by atoms with Gasteiger partial charge >= 0.3 is 0 Å². The fraction of sp³-hybridized carbons (Fsp3) is 0.462. The molecule has 0 aliphatic carbocycles. The van der Waals surface area contributed by atoms with Gasteiger partial charge < -0.3 is 15.2 Å². The fourth-order valence-corrected chi connectivity index (χ4v) is 2.37. The summed E-state index contributed by atoms with van der Waals surface area (Å²) in [5, 5.41) is 11.4. The molecular weight excluding hydrogens is 274 g/mol. The molecule has 0 aliphatic rings. The van der Waals surface area contributed by atoms with E-state index in [9.17, 15) is 0 Å². The number of nitrogens with one attached hydrogen (secondary N) is 2. The first kappa shape index (κ1) is 14.5. The largest absolute Gasteiger partial charge is 0.359 e. The molecule has 0 unspecified atom stereocenters. The number of hydrogen-bond donors (Lipinski definition) is 2. The predicted octanol–water partition coefficient (Wildman–Crippen LogP) is 1.87. The van der Waals surface area contributed by atoms with E-state index in [4.69, 9.17) is 4.52 Å². The van der Waals surface area contributed by atoms with Gasteiger partial charge in [-0.05, 0) is 13.3 Å². The van der Waals surface area contributed by atoms with Gasteiger partial charge in [-0.3, -0.25) is 4.99 Å². The Hall–Kier alpha value is -1.89. The smallest absolute Gasteiger partial charge is 0.191 e. The molecule has 0 aliphatic heterocycles. The highest BCUT2D eigenvalue weighted by Crippen LogP contribution is 2.10. The van der Waals surface area contributed by atoms with E-state index in [2.05, 4.69) is 25.8 Å². The molecule has 2 aromatic rings. The lowest BCUT2D eigenvalue weighted by Gasteiger charge is -2.09. The molecule has 2 N–H and O–H groups in total. The van der Waals surface area contributed by atoms with Gasteiger partial charge in [0.25, 0.3) is 0 Å². The van der Waals surface area contributed by atoms with Crippen LogP contribution in [0, 0.1) is 6.92 Å². The van der Waals surface area contributed by atoms with Crippen LogP contribution < -0.4 is 10.6 Å². The molecule has 0 spiro atoms. The number of guanidine groups is 1. The summed E-state index contributed by atoms with van der Waals surface area (Å²) in [5.41, 5.74) is 0.961. The van der Waals surface area contributed by atoms with Crippen molar-refractivity contribution in [3.8, 4) is 0 Å². The third-order valence-corrected chi connectivity index (χ3v) is 3.61. The van der Waals surface area contributed by atoms with Crippen LogP contribution >= 0.6 is 11.3 Å². The summed E-state index contributed by atoms with van der Waals surface area (Å²) in [6, 6.07) is 1.95. The van der Waals surface area contributed by atoms with Crippen molar-refractivity contribution < 1.29 is 4.52 Å². The van der Waals surface area contributed by atoms with E-state index in [0.29, 0.717) is 19.0 Å². The average Bonchev–Trinajstić information content (AvgIpc) is 3.08. The van der Waals surface area contributed by atoms with Crippen LogP contribution in [0.4, 0.5) is 0 Å². The minimum Gasteiger partial charge on any atom is -0.359 e. The molecule has 0 amide bonds. The van der Waals surface area contributed by atoms with Gasteiger partial charge in [0, 0.05) is 24.2 Å². The van der Waals surface area contributed by atoms with Crippen LogP contribution in [0.5, 0.6) is 0 Å². The fourth-order valence-electron chi connectivity index (χ4n) is 1.64. The maximum atomic E-state index is 5.21. The van der Waals surface area contributed by atoms with Crippen LogP contribution in [0.25, 0.3) is 0 Å². The highest BCUT2D eigenvalue weighted by atomic mass is 32.1. The molecule has 0 aromatic carbocycles. The highest BCUT2D eigenvalue weighted by molar-refractivity contribution is 7.11. The first-order valence-corrected chi connectivity index (χ1v) is 7.33. The topological polar surface area (TPSA) is 75.3 Å². The molecule has 0 saturated heterocycles. The van der Waals surface area contributed by atoms with Crippen molar-refractivity contribution in [2.24, 2.45) is 4.99 Å². The normalized spacial score (nSPS) is 11.7. The Morgan fingerprint density at radius 2 is 2.20 bits per heavy atom. The number of aromatic nitrogens is 2. The summed E-state index contributed by atoms with van der Waals surface area (Å²) in [7, 11) is 1.74. The first-order chi connectivity index (χ1) is 9.71. The predicted molar refractivity (Wildman–Crippen MR) is 79.8 cm³/mol. The minimum atomic E-state index is 0.559. The zero-order chi connectivity index (χ0) is 14.4. The van der Waals surface area contributed by atoms with Gasteiger partial charge in [0.15, 0.2) is 11.7 Å². The van der Waals surface area contributed by atoms with E-state index in [1.165, 1.54) is 4.88 Å². The minimum absolute atomic E-state index is 0.559. The molecule has 0 bridgehead atoms. The lowest BCUT2D eigenvalue weighted by molar-refractivity contribution is 0.374. The molecule has 0 atom stereocenters. The quantitative estimate of drug-likeness (QED) is 0.650. The second-order valence-electron chi connectivity index (χ2n) is 4.28. The number of nitrogens with zero attached hydrogens (tertiary/aromatic N) is 3. The molecule has 20 heavy (non-hydrogen) atoms. The van der Waals surface area contributed by atoms with Crippen LogP contribution in [-0.2, 0) is 19.5 Å². The van der Waals surface area contributed by atoms with E-state index in [-0.39, 0.29) is 0 Å². The number of rotatable bonds is 5. The van der Waals surface area contributed by atoms with Gasteiger partial charge in [-0.2, -0.15) is 0 Å². The van der Waals surface area contributed by atoms with Crippen molar-refractivity contribution >= 4 is 17.3 Å². The standard InChI is InChI=1S/C13H19N5OS/c1-4-10-5-11(19-18-10)7-16-13(14-3)17-8-12-15-6-9(2)20-12/h5-6H,4,7-8H2,1-3H3,(H2,14,16,17). The second-order valence-corrected chi connectivity index (χ2v) is 5.60. The van der Waals surface area contributed by atoms with Crippen molar-refractivity contribution in [3.63, 3.8) is 0 Å². The van der Waals surface area contributed by atoms with Crippen LogP contribution in [-0.4, -0.2) is 23.1 Å². The van der Waals surface area contributed by atoms with Gasteiger partial charge in [-0.25, -0.2) is 4.98 Å². The van der Waals surface area contributed by atoms with Gasteiger partial charge in [0.2, 0.25) is 0 Å². The highest BCUT2D eigenvalue weighted by Gasteiger charge is 2.05. The van der Waals surface area contributed by atoms with E-state index in [0.717, 1.165) is 22.9 Å². The molecule has 2 heterocycles. The Bertz CT molecular complexity index is 575. The molecular formula is C13H19N5OS. The van der Waals surface area contributed by atoms with Gasteiger partial charge in [-0.1, -0.05) is 12.1 Å². The van der Waals surface area contributed by atoms with E-state index in [1.54, 1.807) is 18.4 Å². The van der Waals surface area contributed by atoms with Crippen molar-refractivity contribution in [1.29, 1.82) is 0 Å². The number of thiazole rings is 1. The monoisotopic (exact) mass is 293 g/mol. The number of hydrogen-bond acceptors (Lipinski definition) is 5. The third-order valence-electron chi connectivity index (χ3n) is 2.70. The zero-order valence-corrected chi connectivity index (χ0v) is 12.8. The molecule has 2 aromatic heterocycles. The van der Waals surface area contributed by atoms with Gasteiger partial charge in [-0.15, -0.1) is 11.3 Å². The molecule has 0 radical (unpaired) electrons. The Morgan fingerprint density at radius 3 is 2.80 bits per heavy atom. The van der Waals surface area contributed by atoms with E-state index >= 15 is 0 Å². The summed E-state index contributed by atoms with van der Waals surface area (Å²) in [5.74, 6) is 1.52. The average molecular weight is 293 g/mol. The first-order valence-electron chi connectivity index (χ1n) is 6.51. The summed E-state index contributed by atoms with van der Waals surface area (Å²) in [4.78, 5) is 9.67. The Labute approximate surface area is 122 Å². The summed E-state index contributed by atoms with van der Waals surface area (Å²) in [6.07, 6.45) is 2.75. The van der Waals surface area contributed by atoms with Crippen molar-refractivity contribution in [2.45, 2.75) is 33.4 Å². The third kappa shape index (κ3) is 4.06. The van der Waals surface area contributed by atoms with Crippen LogP contribution in [0.1, 0.15) is 28.3 Å². The van der Waals surface area contributed by atoms with Gasteiger partial charge in [0.05, 0.1) is 18.8 Å². The Balaban J connectivity index is 1.80. The van der Waals surface area contributed by atoms with Crippen LogP contribution in [0.3, 0.4) is 0 Å². The lowest BCUT2D eigenvalue weighted by Crippen LogP contribution is -2.36. The maximum Gasteiger partial charge on any atom is 0.191 e. The molecule has 2 rings (SSSR count). The number of aryl methyl sites for hydroxylation is 2. The van der Waals surface area contributed by atoms with E-state index in [1.807, 2.05) is 26.1 Å². The Kier molecular flexibility index (Phi) is 5.11. The zero-order valence-electron chi connectivity index (χ0n) is 11.9. The summed E-state index contributed by atoms with van der Waals surface area (Å²) < 4.78 is 5.21. The number of aliphatic imine (C=N–C) groups is 1. The molecule has 6 nitrogen and oxygen atoms in total. The van der Waals surface area contributed by atoms with Crippen LogP contribution in [0.15, 0.2) is 21.8 Å². The Morgan fingerprint density at radius 1 is 1.40 bits per heavy atom. The maximum absolute atomic E-state index is 5.21. The molecule has 0 saturated carbocycles. The van der Waals surface area contributed by atoms with Crippen molar-refractivity contribution in [3.05, 3.63) is 33.6 Å².